The van der Waals surface area contributed by atoms with E-state index < -0.39 is 0 Å². The van der Waals surface area contributed by atoms with Crippen molar-refractivity contribution >= 4 is 5.95 Å². The Morgan fingerprint density at radius 2 is 2.00 bits per heavy atom. The number of aromatic nitrogens is 4. The number of phenols is 1. The molecule has 1 fully saturated rings. The first kappa shape index (κ1) is 15.6. The molecule has 1 aliphatic rings. The Morgan fingerprint density at radius 3 is 2.72 bits per heavy atom. The molecule has 2 aromatic heterocycles. The largest absolute Gasteiger partial charge is 0.508 e. The van der Waals surface area contributed by atoms with Crippen LogP contribution in [0.5, 0.6) is 5.75 Å². The fourth-order valence-electron chi connectivity index (χ4n) is 3.41. The Morgan fingerprint density at radius 1 is 1.16 bits per heavy atom. The molecule has 0 spiro atoms. The summed E-state index contributed by atoms with van der Waals surface area (Å²) in [6, 6.07) is 9.52. The summed E-state index contributed by atoms with van der Waals surface area (Å²) in [7, 11) is 1.90. The highest BCUT2D eigenvalue weighted by molar-refractivity contribution is 5.58. The molecule has 3 aromatic rings. The first-order chi connectivity index (χ1) is 12.2. The lowest BCUT2D eigenvalue weighted by atomic mass is 9.89. The molecule has 4 rings (SSSR count). The van der Waals surface area contributed by atoms with Crippen LogP contribution in [0, 0.1) is 0 Å². The van der Waals surface area contributed by atoms with Gasteiger partial charge in [-0.05, 0) is 42.5 Å². The minimum atomic E-state index is 0.340. The number of aromatic hydroxyl groups is 1. The highest BCUT2D eigenvalue weighted by atomic mass is 16.3. The highest BCUT2D eigenvalue weighted by Gasteiger charge is 2.22. The van der Waals surface area contributed by atoms with Crippen molar-refractivity contribution in [3.05, 3.63) is 54.5 Å². The van der Waals surface area contributed by atoms with Gasteiger partial charge in [0.05, 0.1) is 11.9 Å². The number of aryl methyl sites for hydroxylation is 1. The molecule has 0 aliphatic carbocycles. The molecule has 1 N–H and O–H groups in total. The third-order valence-electron chi connectivity index (χ3n) is 4.76. The van der Waals surface area contributed by atoms with E-state index in [4.69, 9.17) is 4.98 Å². The lowest BCUT2D eigenvalue weighted by Crippen LogP contribution is -2.34. The van der Waals surface area contributed by atoms with Gasteiger partial charge in [0, 0.05) is 38.1 Å². The Kier molecular flexibility index (Phi) is 4.09. The summed E-state index contributed by atoms with van der Waals surface area (Å²) in [4.78, 5) is 11.4. The molecular formula is C19H21N5O. The van der Waals surface area contributed by atoms with E-state index >= 15 is 0 Å². The number of anilines is 1. The second-order valence-electron chi connectivity index (χ2n) is 6.50. The van der Waals surface area contributed by atoms with Crippen molar-refractivity contribution in [2.24, 2.45) is 7.05 Å². The standard InChI is InChI=1S/C19H21N5O/c1-23-13-16(12-21-23)18-5-8-20-19(22-18)24-9-6-14(7-10-24)15-3-2-4-17(25)11-15/h2-5,8,11-14,25H,6-7,9-10H2,1H3. The lowest BCUT2D eigenvalue weighted by molar-refractivity contribution is 0.467. The fourth-order valence-corrected chi connectivity index (χ4v) is 3.41. The molecule has 0 atom stereocenters. The van der Waals surface area contributed by atoms with Crippen LogP contribution in [0.3, 0.4) is 0 Å². The van der Waals surface area contributed by atoms with Gasteiger partial charge in [0.1, 0.15) is 5.75 Å². The zero-order valence-corrected chi connectivity index (χ0v) is 14.2. The Bertz CT molecular complexity index is 868. The van der Waals surface area contributed by atoms with Gasteiger partial charge >= 0.3 is 0 Å². The minimum absolute atomic E-state index is 0.340. The van der Waals surface area contributed by atoms with Crippen molar-refractivity contribution in [3.63, 3.8) is 0 Å². The van der Waals surface area contributed by atoms with Gasteiger partial charge in [-0.2, -0.15) is 5.10 Å². The molecule has 0 radical (unpaired) electrons. The average molecular weight is 335 g/mol. The van der Waals surface area contributed by atoms with Crippen LogP contribution in [0.25, 0.3) is 11.3 Å². The maximum absolute atomic E-state index is 9.68. The summed E-state index contributed by atoms with van der Waals surface area (Å²) >= 11 is 0. The number of nitrogens with zero attached hydrogens (tertiary/aromatic N) is 5. The van der Waals surface area contributed by atoms with E-state index in [1.54, 1.807) is 10.7 Å². The van der Waals surface area contributed by atoms with E-state index in [1.165, 1.54) is 5.56 Å². The molecule has 1 aromatic carbocycles. The Hall–Kier alpha value is -2.89. The first-order valence-electron chi connectivity index (χ1n) is 8.55. The first-order valence-corrected chi connectivity index (χ1v) is 8.55. The molecule has 128 valence electrons. The van der Waals surface area contributed by atoms with Crippen LogP contribution in [-0.2, 0) is 7.05 Å². The normalized spacial score (nSPS) is 15.5. The van der Waals surface area contributed by atoms with E-state index in [0.29, 0.717) is 11.7 Å². The predicted molar refractivity (Wildman–Crippen MR) is 96.5 cm³/mol. The Balaban J connectivity index is 1.47. The van der Waals surface area contributed by atoms with Crippen LogP contribution in [-0.4, -0.2) is 37.9 Å². The molecule has 1 aliphatic heterocycles. The van der Waals surface area contributed by atoms with Crippen LogP contribution < -0.4 is 4.90 Å². The number of hydrogen-bond donors (Lipinski definition) is 1. The van der Waals surface area contributed by atoms with Crippen molar-refractivity contribution in [2.75, 3.05) is 18.0 Å². The monoisotopic (exact) mass is 335 g/mol. The van der Waals surface area contributed by atoms with E-state index in [2.05, 4.69) is 21.0 Å². The van der Waals surface area contributed by atoms with E-state index in [-0.39, 0.29) is 0 Å². The maximum atomic E-state index is 9.68. The van der Waals surface area contributed by atoms with Crippen molar-refractivity contribution in [1.29, 1.82) is 0 Å². The summed E-state index contributed by atoms with van der Waals surface area (Å²) in [5.41, 5.74) is 3.11. The van der Waals surface area contributed by atoms with Crippen molar-refractivity contribution in [1.82, 2.24) is 19.7 Å². The van der Waals surface area contributed by atoms with E-state index in [0.717, 1.165) is 43.1 Å². The second kappa shape index (κ2) is 6.55. The Labute approximate surface area is 146 Å². The molecular weight excluding hydrogens is 314 g/mol. The average Bonchev–Trinajstić information content (AvgIpc) is 3.08. The van der Waals surface area contributed by atoms with Gasteiger partial charge in [-0.25, -0.2) is 9.97 Å². The van der Waals surface area contributed by atoms with Gasteiger partial charge in [-0.1, -0.05) is 12.1 Å². The summed E-state index contributed by atoms with van der Waals surface area (Å²) in [5, 5.41) is 13.9. The SMILES string of the molecule is Cn1cc(-c2ccnc(N3CCC(c4cccc(O)c4)CC3)n2)cn1. The van der Waals surface area contributed by atoms with E-state index in [9.17, 15) is 5.11 Å². The van der Waals surface area contributed by atoms with Crippen LogP contribution in [0.15, 0.2) is 48.9 Å². The van der Waals surface area contributed by atoms with Gasteiger partial charge in [0.15, 0.2) is 0 Å². The highest BCUT2D eigenvalue weighted by Crippen LogP contribution is 2.31. The summed E-state index contributed by atoms with van der Waals surface area (Å²) in [6.45, 7) is 1.83. The molecule has 0 unspecified atom stereocenters. The van der Waals surface area contributed by atoms with Crippen LogP contribution in [0.1, 0.15) is 24.3 Å². The van der Waals surface area contributed by atoms with Crippen LogP contribution in [0.2, 0.25) is 0 Å². The third kappa shape index (κ3) is 3.33. The van der Waals surface area contributed by atoms with Gasteiger partial charge in [0.2, 0.25) is 5.95 Å². The summed E-state index contributed by atoms with van der Waals surface area (Å²) < 4.78 is 1.78. The number of piperidine rings is 1. The minimum Gasteiger partial charge on any atom is -0.508 e. The molecule has 6 nitrogen and oxygen atoms in total. The number of rotatable bonds is 3. The van der Waals surface area contributed by atoms with Crippen LogP contribution in [0.4, 0.5) is 5.95 Å². The molecule has 25 heavy (non-hydrogen) atoms. The maximum Gasteiger partial charge on any atom is 0.225 e. The van der Waals surface area contributed by atoms with E-state index in [1.807, 2.05) is 43.8 Å². The second-order valence-corrected chi connectivity index (χ2v) is 6.50. The van der Waals surface area contributed by atoms with Crippen molar-refractivity contribution < 1.29 is 5.11 Å². The lowest BCUT2D eigenvalue weighted by Gasteiger charge is -2.32. The van der Waals surface area contributed by atoms with Gasteiger partial charge in [0.25, 0.3) is 0 Å². The molecule has 3 heterocycles. The molecule has 0 amide bonds. The third-order valence-corrected chi connectivity index (χ3v) is 4.76. The predicted octanol–water partition coefficient (Wildman–Crippen LogP) is 2.97. The van der Waals surface area contributed by atoms with Crippen LogP contribution >= 0.6 is 0 Å². The zero-order valence-electron chi connectivity index (χ0n) is 14.2. The smallest absolute Gasteiger partial charge is 0.225 e. The van der Waals surface area contributed by atoms with Gasteiger partial charge in [-0.3, -0.25) is 4.68 Å². The molecule has 6 heteroatoms. The number of phenolic OH excluding ortho intramolecular Hbond substituents is 1. The molecule has 0 bridgehead atoms. The number of hydrogen-bond acceptors (Lipinski definition) is 5. The summed E-state index contributed by atoms with van der Waals surface area (Å²) in [5.74, 6) is 1.59. The summed E-state index contributed by atoms with van der Waals surface area (Å²) in [6.07, 6.45) is 7.65. The molecule has 1 saturated heterocycles. The number of benzene rings is 1. The zero-order chi connectivity index (χ0) is 17.2. The van der Waals surface area contributed by atoms with Crippen molar-refractivity contribution in [2.45, 2.75) is 18.8 Å². The topological polar surface area (TPSA) is 67.1 Å². The fraction of sp³-hybridized carbons (Fsp3) is 0.316. The quantitative estimate of drug-likeness (QED) is 0.797. The van der Waals surface area contributed by atoms with Crippen molar-refractivity contribution in [3.8, 4) is 17.0 Å². The van der Waals surface area contributed by atoms with Gasteiger partial charge in [-0.15, -0.1) is 0 Å². The van der Waals surface area contributed by atoms with Gasteiger partial charge < -0.3 is 10.0 Å². The molecule has 0 saturated carbocycles.